The number of aromatic nitrogens is 2. The van der Waals surface area contributed by atoms with E-state index >= 15 is 0 Å². The van der Waals surface area contributed by atoms with Crippen molar-refractivity contribution in [1.82, 2.24) is 25.1 Å². The van der Waals surface area contributed by atoms with Crippen LogP contribution in [0.3, 0.4) is 0 Å². The highest BCUT2D eigenvalue weighted by atomic mass is 19.4. The summed E-state index contributed by atoms with van der Waals surface area (Å²) in [6.07, 6.45) is 3.72. The maximum absolute atomic E-state index is 14.6. The van der Waals surface area contributed by atoms with Gasteiger partial charge in [-0.25, -0.2) is 4.39 Å². The summed E-state index contributed by atoms with van der Waals surface area (Å²) in [6, 6.07) is 7.86. The Balaban J connectivity index is 1.22. The average Bonchev–Trinajstić information content (AvgIpc) is 3.88. The number of nitrogens with zero attached hydrogens (tertiary/aromatic N) is 3. The van der Waals surface area contributed by atoms with Gasteiger partial charge in [0, 0.05) is 29.6 Å². The molecule has 3 heterocycles. The van der Waals surface area contributed by atoms with Gasteiger partial charge in [-0.15, -0.1) is 0 Å². The molecule has 284 valence electrons. The number of hydrogen-bond acceptors (Lipinski definition) is 6. The number of carbonyl (C=O) groups is 3. The Kier molecular flexibility index (Phi) is 9.69. The lowest BCUT2D eigenvalue weighted by atomic mass is 10.0. The second-order valence-electron chi connectivity index (χ2n) is 15.6. The van der Waals surface area contributed by atoms with E-state index in [1.54, 1.807) is 0 Å². The molecule has 0 spiro atoms. The summed E-state index contributed by atoms with van der Waals surface area (Å²) in [5.41, 5.74) is -1.28. The predicted octanol–water partition coefficient (Wildman–Crippen LogP) is 6.67. The van der Waals surface area contributed by atoms with Crippen LogP contribution in [-0.4, -0.2) is 68.0 Å². The zero-order valence-electron chi connectivity index (χ0n) is 30.1. The van der Waals surface area contributed by atoms with Crippen molar-refractivity contribution in [1.29, 1.82) is 0 Å². The van der Waals surface area contributed by atoms with Crippen LogP contribution in [0.4, 0.5) is 23.2 Å². The van der Waals surface area contributed by atoms with Gasteiger partial charge in [0.15, 0.2) is 0 Å². The van der Waals surface area contributed by atoms with Crippen molar-refractivity contribution < 1.29 is 36.7 Å². The Labute approximate surface area is 305 Å². The maximum atomic E-state index is 14.6. The highest BCUT2D eigenvalue weighted by Gasteiger charge is 2.62. The summed E-state index contributed by atoms with van der Waals surface area (Å²) in [5, 5.41) is 9.05. The number of ether oxygens (including phenoxy) is 1. The van der Waals surface area contributed by atoms with E-state index in [0.717, 1.165) is 55.3 Å². The van der Waals surface area contributed by atoms with E-state index in [4.69, 9.17) is 9.72 Å². The molecular weight excluding hydrogens is 692 g/mol. The third kappa shape index (κ3) is 7.73. The second kappa shape index (κ2) is 14.0. The van der Waals surface area contributed by atoms with Crippen molar-refractivity contribution in [3.63, 3.8) is 0 Å². The van der Waals surface area contributed by atoms with Crippen LogP contribution in [-0.2, 0) is 20.6 Å². The fourth-order valence-electron chi connectivity index (χ4n) is 7.65. The van der Waals surface area contributed by atoms with Gasteiger partial charge in [-0.05, 0) is 89.6 Å². The van der Waals surface area contributed by atoms with E-state index in [1.165, 1.54) is 4.90 Å². The van der Waals surface area contributed by atoms with Crippen molar-refractivity contribution in [3.8, 4) is 6.01 Å². The van der Waals surface area contributed by atoms with Gasteiger partial charge in [0.25, 0.3) is 6.01 Å². The van der Waals surface area contributed by atoms with E-state index in [9.17, 15) is 31.9 Å². The van der Waals surface area contributed by atoms with Crippen LogP contribution < -0.4 is 20.7 Å². The molecule has 2 aliphatic heterocycles. The van der Waals surface area contributed by atoms with Crippen molar-refractivity contribution in [2.75, 3.05) is 11.9 Å². The molecule has 10 nitrogen and oxygen atoms in total. The van der Waals surface area contributed by atoms with E-state index < -0.39 is 53.1 Å². The molecule has 1 aromatic heterocycles. The van der Waals surface area contributed by atoms with Crippen LogP contribution in [0.5, 0.6) is 6.01 Å². The quantitative estimate of drug-likeness (QED) is 0.184. The number of para-hydroxylation sites is 2. The SMILES string of the molecule is CC(C)n1c(O[C@@H]2C[C@H]3C(=O)N[C@]4(C(=O)NC5(C)CC5)C[C@H]4/C=C\CCCCC[C@H](Nc4cc(F)cc(C(F)(F)F)c4)C(=O)N3C2)nc2ccccc21. The Bertz CT molecular complexity index is 1920. The lowest BCUT2D eigenvalue weighted by Gasteiger charge is -2.30. The molecule has 0 radical (unpaired) electrons. The summed E-state index contributed by atoms with van der Waals surface area (Å²) in [6.45, 7) is 5.94. The lowest BCUT2D eigenvalue weighted by Crippen LogP contribution is -2.58. The van der Waals surface area contributed by atoms with Crippen molar-refractivity contribution >= 4 is 34.4 Å². The van der Waals surface area contributed by atoms with Gasteiger partial charge in [-0.1, -0.05) is 37.1 Å². The molecule has 53 heavy (non-hydrogen) atoms. The minimum absolute atomic E-state index is 0.0199. The smallest absolute Gasteiger partial charge is 0.416 e. The van der Waals surface area contributed by atoms with Crippen molar-refractivity contribution in [2.24, 2.45) is 5.92 Å². The monoisotopic (exact) mass is 738 g/mol. The normalized spacial score (nSPS) is 28.0. The molecule has 14 heteroatoms. The van der Waals surface area contributed by atoms with Gasteiger partial charge in [0.2, 0.25) is 17.7 Å². The molecule has 2 aliphatic carbocycles. The Morgan fingerprint density at radius 1 is 1.09 bits per heavy atom. The number of alkyl halides is 3. The van der Waals surface area contributed by atoms with Gasteiger partial charge in [0.05, 0.1) is 23.1 Å². The third-order valence-corrected chi connectivity index (χ3v) is 11.0. The number of halogens is 4. The largest absolute Gasteiger partial charge is 0.459 e. The Morgan fingerprint density at radius 2 is 1.87 bits per heavy atom. The molecular formula is C39H46F4N6O4. The fourth-order valence-corrected chi connectivity index (χ4v) is 7.65. The molecule has 3 fully saturated rings. The maximum Gasteiger partial charge on any atom is 0.416 e. The highest BCUT2D eigenvalue weighted by molar-refractivity contribution is 5.98. The first kappa shape index (κ1) is 36.7. The number of allylic oxidation sites excluding steroid dienone is 1. The number of rotatable bonds is 7. The minimum Gasteiger partial charge on any atom is -0.459 e. The number of benzene rings is 2. The molecule has 3 N–H and O–H groups in total. The van der Waals surface area contributed by atoms with Crippen LogP contribution in [0.1, 0.15) is 90.2 Å². The number of nitrogens with one attached hydrogen (secondary N) is 3. The minimum atomic E-state index is -4.80. The van der Waals surface area contributed by atoms with Crippen LogP contribution >= 0.6 is 0 Å². The standard InChI is InChI=1S/C39H46F4N6O4/c1-23(2)49-31-14-10-9-12-29(31)45-36(49)53-28-20-32-33(50)46-38(35(52)47-37(3)15-16-37)21-24(38)11-7-5-4-6-8-13-30(34(51)48(32)22-28)44-27-18-25(39(41,42)43)17-26(40)19-27/h7,9-12,14,17-19,23-24,28,30,32,44H,4-6,8,13,15-16,20-22H2,1-3H3,(H,46,50)(H,47,52)/b11-7-/t24-,28-,30+,32+,38-/m1/s1. The summed E-state index contributed by atoms with van der Waals surface area (Å²) in [5.74, 6) is -2.62. The number of imidazole rings is 1. The Morgan fingerprint density at radius 3 is 2.60 bits per heavy atom. The lowest BCUT2D eigenvalue weighted by molar-refractivity contribution is -0.140. The summed E-state index contributed by atoms with van der Waals surface area (Å²) in [4.78, 5) is 48.9. The molecule has 7 rings (SSSR count). The highest BCUT2D eigenvalue weighted by Crippen LogP contribution is 2.47. The molecule has 2 saturated carbocycles. The zero-order chi connectivity index (χ0) is 37.7. The molecule has 0 bridgehead atoms. The van der Waals surface area contributed by atoms with Gasteiger partial charge >= 0.3 is 6.18 Å². The third-order valence-electron chi connectivity index (χ3n) is 11.0. The first-order chi connectivity index (χ1) is 25.2. The molecule has 0 unspecified atom stereocenters. The number of fused-ring (bicyclic) bond motifs is 3. The topological polar surface area (TPSA) is 118 Å². The number of anilines is 1. The average molecular weight is 739 g/mol. The van der Waals surface area contributed by atoms with Gasteiger partial charge in [0.1, 0.15) is 29.5 Å². The number of hydrogen-bond donors (Lipinski definition) is 3. The zero-order valence-corrected chi connectivity index (χ0v) is 30.1. The van der Waals surface area contributed by atoms with Crippen molar-refractivity contribution in [2.45, 2.75) is 120 Å². The summed E-state index contributed by atoms with van der Waals surface area (Å²) >= 11 is 0. The van der Waals surface area contributed by atoms with E-state index in [-0.39, 0.29) is 48.5 Å². The van der Waals surface area contributed by atoms with Crippen LogP contribution in [0, 0.1) is 11.7 Å². The van der Waals surface area contributed by atoms with Gasteiger partial charge in [-0.3, -0.25) is 19.0 Å². The predicted molar refractivity (Wildman–Crippen MR) is 190 cm³/mol. The molecule has 4 aliphatic rings. The van der Waals surface area contributed by atoms with Crippen LogP contribution in [0.2, 0.25) is 0 Å². The number of carbonyl (C=O) groups excluding carboxylic acids is 3. The van der Waals surface area contributed by atoms with Gasteiger partial charge < -0.3 is 25.6 Å². The van der Waals surface area contributed by atoms with Crippen LogP contribution in [0.25, 0.3) is 11.0 Å². The first-order valence-corrected chi connectivity index (χ1v) is 18.6. The van der Waals surface area contributed by atoms with E-state index in [0.29, 0.717) is 24.9 Å². The number of amides is 3. The Hall–Kier alpha value is -4.62. The molecule has 3 amide bonds. The van der Waals surface area contributed by atoms with E-state index in [2.05, 4.69) is 16.0 Å². The molecule has 2 aromatic carbocycles. The molecule has 1 saturated heterocycles. The first-order valence-electron chi connectivity index (χ1n) is 18.6. The molecule has 3 aromatic rings. The summed E-state index contributed by atoms with van der Waals surface area (Å²) < 4.78 is 63.9. The second-order valence-corrected chi connectivity index (χ2v) is 15.6. The van der Waals surface area contributed by atoms with E-state index in [1.807, 2.05) is 61.8 Å². The summed E-state index contributed by atoms with van der Waals surface area (Å²) in [7, 11) is 0. The van der Waals surface area contributed by atoms with Gasteiger partial charge in [-0.2, -0.15) is 18.2 Å². The van der Waals surface area contributed by atoms with Crippen molar-refractivity contribution in [3.05, 3.63) is 66.0 Å². The fraction of sp³-hybridized carbons (Fsp3) is 0.538. The van der Waals surface area contributed by atoms with Crippen LogP contribution in [0.15, 0.2) is 54.6 Å². The molecule has 5 atom stereocenters.